The van der Waals surface area contributed by atoms with Crippen LogP contribution in [0.25, 0.3) is 0 Å². The molecule has 3 heterocycles. The van der Waals surface area contributed by atoms with Crippen LogP contribution in [0.15, 0.2) is 29.2 Å². The van der Waals surface area contributed by atoms with Gasteiger partial charge in [-0.1, -0.05) is 19.1 Å². The summed E-state index contributed by atoms with van der Waals surface area (Å²) in [6.07, 6.45) is 4.10. The van der Waals surface area contributed by atoms with Crippen molar-refractivity contribution in [2.75, 3.05) is 38.0 Å². The molecule has 0 saturated carbocycles. The van der Waals surface area contributed by atoms with Crippen molar-refractivity contribution in [1.82, 2.24) is 14.5 Å². The van der Waals surface area contributed by atoms with Gasteiger partial charge >= 0.3 is 0 Å². The molecule has 3 aliphatic heterocycles. The number of fused-ring (bicyclic) bond motifs is 1. The molecule has 1 aromatic carbocycles. The van der Waals surface area contributed by atoms with Crippen LogP contribution in [0, 0.1) is 5.92 Å². The van der Waals surface area contributed by atoms with Crippen LogP contribution in [0.2, 0.25) is 0 Å². The number of carbonyl (C=O) groups excluding carboxylic acids is 1. The van der Waals surface area contributed by atoms with Gasteiger partial charge in [-0.3, -0.25) is 4.79 Å². The molecule has 1 aromatic rings. The molecule has 0 atom stereocenters. The summed E-state index contributed by atoms with van der Waals surface area (Å²) in [5, 5.41) is 3.38. The van der Waals surface area contributed by atoms with E-state index in [2.05, 4.69) is 21.9 Å². The third-order valence-electron chi connectivity index (χ3n) is 6.37. The van der Waals surface area contributed by atoms with Gasteiger partial charge in [0.1, 0.15) is 10.6 Å². The van der Waals surface area contributed by atoms with Gasteiger partial charge in [-0.2, -0.15) is 4.72 Å². The van der Waals surface area contributed by atoms with Crippen molar-refractivity contribution in [3.05, 3.63) is 24.3 Å². The van der Waals surface area contributed by atoms with Gasteiger partial charge in [0.25, 0.3) is 0 Å². The summed E-state index contributed by atoms with van der Waals surface area (Å²) in [5.74, 6) is 0.967. The van der Waals surface area contributed by atoms with Gasteiger partial charge < -0.3 is 15.1 Å². The summed E-state index contributed by atoms with van der Waals surface area (Å²) in [7, 11) is -3.54. The number of benzene rings is 1. The number of hydrogen-bond donors (Lipinski definition) is 2. The highest BCUT2D eigenvalue weighted by Gasteiger charge is 2.43. The number of nitrogens with one attached hydrogen (secondary N) is 2. The molecule has 0 aromatic heterocycles. The zero-order chi connectivity index (χ0) is 19.8. The van der Waals surface area contributed by atoms with Crippen LogP contribution in [0.1, 0.15) is 39.0 Å². The Hall–Kier alpha value is -1.64. The molecule has 154 valence electrons. The maximum absolute atomic E-state index is 12.6. The fraction of sp³-hybridized carbons (Fsp3) is 0.650. The van der Waals surface area contributed by atoms with E-state index in [4.69, 9.17) is 0 Å². The molecule has 3 aliphatic rings. The summed E-state index contributed by atoms with van der Waals surface area (Å²) < 4.78 is 28.1. The number of nitrogens with zero attached hydrogens (tertiary/aromatic N) is 2. The van der Waals surface area contributed by atoms with Crippen LogP contribution in [-0.4, -0.2) is 62.5 Å². The molecule has 8 heteroatoms. The Morgan fingerprint density at radius 2 is 1.82 bits per heavy atom. The van der Waals surface area contributed by atoms with Crippen molar-refractivity contribution in [1.29, 1.82) is 0 Å². The van der Waals surface area contributed by atoms with Gasteiger partial charge in [0.15, 0.2) is 0 Å². The Balaban J connectivity index is 1.33. The molecule has 0 unspecified atom stereocenters. The largest absolute Gasteiger partial charge is 0.365 e. The Labute approximate surface area is 167 Å². The molecule has 1 amide bonds. The highest BCUT2D eigenvalue weighted by atomic mass is 32.2. The number of carbonyl (C=O) groups is 1. The summed E-state index contributed by atoms with van der Waals surface area (Å²) in [4.78, 5) is 17.2. The second kappa shape index (κ2) is 7.65. The highest BCUT2D eigenvalue weighted by Crippen LogP contribution is 2.34. The van der Waals surface area contributed by atoms with Crippen LogP contribution in [-0.2, 0) is 14.8 Å². The van der Waals surface area contributed by atoms with Crippen molar-refractivity contribution in [2.45, 2.75) is 49.6 Å². The maximum Gasteiger partial charge on any atom is 0.244 e. The predicted molar refractivity (Wildman–Crippen MR) is 108 cm³/mol. The first-order valence-corrected chi connectivity index (χ1v) is 11.8. The number of hydrogen-bond acceptors (Lipinski definition) is 5. The summed E-state index contributed by atoms with van der Waals surface area (Å²) in [6, 6.07) is 6.96. The molecule has 2 N–H and O–H groups in total. The van der Waals surface area contributed by atoms with E-state index in [0.29, 0.717) is 38.0 Å². The third-order valence-corrected chi connectivity index (χ3v) is 7.96. The number of rotatable bonds is 3. The Bertz CT molecular complexity index is 826. The molecular formula is C20H30N4O3S. The normalized spacial score (nSPS) is 24.5. The van der Waals surface area contributed by atoms with Crippen LogP contribution in [0.3, 0.4) is 0 Å². The van der Waals surface area contributed by atoms with Gasteiger partial charge in [0.05, 0.1) is 5.69 Å². The lowest BCUT2D eigenvalue weighted by Crippen LogP contribution is -2.62. The van der Waals surface area contributed by atoms with Crippen molar-refractivity contribution in [3.63, 3.8) is 0 Å². The minimum atomic E-state index is -3.54. The predicted octanol–water partition coefficient (Wildman–Crippen LogP) is 1.83. The SMILES string of the molecule is CC1CCN(CCC(=O)N2CCC3(CC2)Nc2ccccc2S(=O)(=O)N3)CC1. The lowest BCUT2D eigenvalue weighted by atomic mass is 9.96. The van der Waals surface area contributed by atoms with Crippen LogP contribution in [0.5, 0.6) is 0 Å². The van der Waals surface area contributed by atoms with Gasteiger partial charge in [-0.25, -0.2) is 8.42 Å². The van der Waals surface area contributed by atoms with E-state index in [9.17, 15) is 13.2 Å². The van der Waals surface area contributed by atoms with E-state index in [1.807, 2.05) is 11.0 Å². The number of sulfonamides is 1. The lowest BCUT2D eigenvalue weighted by Gasteiger charge is -2.45. The number of para-hydroxylation sites is 1. The summed E-state index contributed by atoms with van der Waals surface area (Å²) in [6.45, 7) is 6.41. The summed E-state index contributed by atoms with van der Waals surface area (Å²) >= 11 is 0. The van der Waals surface area contributed by atoms with Gasteiger partial charge in [-0.15, -0.1) is 0 Å². The van der Waals surface area contributed by atoms with Crippen molar-refractivity contribution < 1.29 is 13.2 Å². The fourth-order valence-electron chi connectivity index (χ4n) is 4.46. The van der Waals surface area contributed by atoms with E-state index in [1.165, 1.54) is 12.8 Å². The molecule has 2 fully saturated rings. The molecular weight excluding hydrogens is 376 g/mol. The Morgan fingerprint density at radius 3 is 2.54 bits per heavy atom. The molecule has 0 bridgehead atoms. The van der Waals surface area contributed by atoms with Gasteiger partial charge in [0.2, 0.25) is 15.9 Å². The molecule has 1 spiro atoms. The lowest BCUT2D eigenvalue weighted by molar-refractivity contribution is -0.133. The molecule has 7 nitrogen and oxygen atoms in total. The highest BCUT2D eigenvalue weighted by molar-refractivity contribution is 7.89. The monoisotopic (exact) mass is 406 g/mol. The molecule has 4 rings (SSSR count). The second-order valence-electron chi connectivity index (χ2n) is 8.46. The van der Waals surface area contributed by atoms with Crippen LogP contribution >= 0.6 is 0 Å². The molecule has 2 saturated heterocycles. The number of likely N-dealkylation sites (tertiary alicyclic amines) is 2. The van der Waals surface area contributed by atoms with E-state index in [0.717, 1.165) is 25.6 Å². The smallest absolute Gasteiger partial charge is 0.244 e. The Kier molecular flexibility index (Phi) is 5.37. The first-order chi connectivity index (χ1) is 13.4. The average molecular weight is 407 g/mol. The van der Waals surface area contributed by atoms with Crippen molar-refractivity contribution >= 4 is 21.6 Å². The topological polar surface area (TPSA) is 81.8 Å². The zero-order valence-corrected chi connectivity index (χ0v) is 17.3. The van der Waals surface area contributed by atoms with Crippen molar-refractivity contribution in [2.24, 2.45) is 5.92 Å². The Morgan fingerprint density at radius 1 is 1.14 bits per heavy atom. The fourth-order valence-corrected chi connectivity index (χ4v) is 6.01. The van der Waals surface area contributed by atoms with E-state index < -0.39 is 15.7 Å². The van der Waals surface area contributed by atoms with E-state index >= 15 is 0 Å². The number of amides is 1. The molecule has 28 heavy (non-hydrogen) atoms. The molecule has 0 radical (unpaired) electrons. The van der Waals surface area contributed by atoms with Crippen LogP contribution < -0.4 is 10.0 Å². The van der Waals surface area contributed by atoms with Gasteiger partial charge in [-0.05, 0) is 44.0 Å². The maximum atomic E-state index is 12.6. The second-order valence-corrected chi connectivity index (χ2v) is 10.1. The van der Waals surface area contributed by atoms with E-state index in [-0.39, 0.29) is 10.8 Å². The van der Waals surface area contributed by atoms with Crippen molar-refractivity contribution in [3.8, 4) is 0 Å². The van der Waals surface area contributed by atoms with Gasteiger partial charge in [0, 0.05) is 38.9 Å². The minimum absolute atomic E-state index is 0.174. The molecule has 0 aliphatic carbocycles. The quantitative estimate of drug-likeness (QED) is 0.800. The number of anilines is 1. The van der Waals surface area contributed by atoms with Crippen LogP contribution in [0.4, 0.5) is 5.69 Å². The number of piperidine rings is 2. The minimum Gasteiger partial charge on any atom is -0.365 e. The summed E-state index contributed by atoms with van der Waals surface area (Å²) in [5.41, 5.74) is -0.0622. The average Bonchev–Trinajstić information content (AvgIpc) is 2.67. The zero-order valence-electron chi connectivity index (χ0n) is 16.5. The standard InChI is InChI=1S/C20H30N4O3S/c1-16-6-11-23(12-7-16)13-8-19(25)24-14-9-20(10-15-24)21-17-4-2-3-5-18(17)28(26,27)22-20/h2-5,16,21-22H,6-15H2,1H3. The first kappa shape index (κ1) is 19.7. The first-order valence-electron chi connectivity index (χ1n) is 10.3. The third kappa shape index (κ3) is 4.04. The van der Waals surface area contributed by atoms with E-state index in [1.54, 1.807) is 18.2 Å².